The molecule has 3 atom stereocenters. The third-order valence-electron chi connectivity index (χ3n) is 7.00. The quantitative estimate of drug-likeness (QED) is 0.633. The van der Waals surface area contributed by atoms with Crippen molar-refractivity contribution in [2.24, 2.45) is 5.92 Å². The lowest BCUT2D eigenvalue weighted by Gasteiger charge is -2.37. The number of amides is 2. The summed E-state index contributed by atoms with van der Waals surface area (Å²) in [6, 6.07) is 15.1. The molecule has 180 valence electrons. The maximum absolute atomic E-state index is 12.9. The zero-order chi connectivity index (χ0) is 24.2. The minimum Gasteiger partial charge on any atom is -0.480 e. The third kappa shape index (κ3) is 4.93. The average molecular weight is 465 g/mol. The van der Waals surface area contributed by atoms with Crippen molar-refractivity contribution in [1.82, 2.24) is 10.2 Å². The predicted octanol–water partition coefficient (Wildman–Crippen LogP) is 4.41. The lowest BCUT2D eigenvalue weighted by molar-refractivity contribution is -0.153. The molecule has 2 aromatic rings. The molecule has 1 aliphatic heterocycles. The monoisotopic (exact) mass is 464 g/mol. The number of likely N-dealkylation sites (tertiary alicyclic amines) is 1. The van der Waals surface area contributed by atoms with Crippen LogP contribution in [0.4, 0.5) is 4.79 Å². The van der Waals surface area contributed by atoms with Crippen molar-refractivity contribution < 1.29 is 24.2 Å². The summed E-state index contributed by atoms with van der Waals surface area (Å²) in [7, 11) is 0. The van der Waals surface area contributed by atoms with E-state index in [9.17, 15) is 19.5 Å². The van der Waals surface area contributed by atoms with Gasteiger partial charge < -0.3 is 20.1 Å². The average Bonchev–Trinajstić information content (AvgIpc) is 3.15. The lowest BCUT2D eigenvalue weighted by atomic mass is 9.93. The van der Waals surface area contributed by atoms with Gasteiger partial charge in [0.15, 0.2) is 0 Å². The fourth-order valence-electron chi connectivity index (χ4n) is 5.12. The molecule has 34 heavy (non-hydrogen) atoms. The summed E-state index contributed by atoms with van der Waals surface area (Å²) < 4.78 is 5.61. The van der Waals surface area contributed by atoms with E-state index >= 15 is 0 Å². The smallest absolute Gasteiger partial charge is 0.407 e. The molecule has 1 aliphatic carbocycles. The molecule has 0 radical (unpaired) electrons. The van der Waals surface area contributed by atoms with Gasteiger partial charge in [-0.3, -0.25) is 4.79 Å². The van der Waals surface area contributed by atoms with E-state index in [4.69, 9.17) is 4.74 Å². The number of carboxylic acid groups (broad SMARTS) is 1. The largest absolute Gasteiger partial charge is 0.480 e. The van der Waals surface area contributed by atoms with E-state index in [2.05, 4.69) is 29.6 Å². The number of nitrogens with one attached hydrogen (secondary N) is 1. The zero-order valence-corrected chi connectivity index (χ0v) is 19.7. The normalized spacial score (nSPS) is 20.2. The molecule has 4 rings (SSSR count). The van der Waals surface area contributed by atoms with Crippen LogP contribution in [-0.4, -0.2) is 53.2 Å². The second kappa shape index (κ2) is 10.3. The number of benzene rings is 2. The highest BCUT2D eigenvalue weighted by Crippen LogP contribution is 2.44. The van der Waals surface area contributed by atoms with Gasteiger partial charge in [0.25, 0.3) is 0 Å². The number of rotatable bonds is 7. The van der Waals surface area contributed by atoms with Gasteiger partial charge in [0.2, 0.25) is 5.91 Å². The molecule has 1 heterocycles. The minimum absolute atomic E-state index is 0.0361. The van der Waals surface area contributed by atoms with Gasteiger partial charge in [-0.1, -0.05) is 62.4 Å². The minimum atomic E-state index is -0.974. The van der Waals surface area contributed by atoms with Crippen molar-refractivity contribution in [1.29, 1.82) is 0 Å². The Kier molecular flexibility index (Phi) is 7.20. The molecule has 2 aliphatic rings. The Labute approximate surface area is 200 Å². The van der Waals surface area contributed by atoms with Crippen molar-refractivity contribution >= 4 is 18.0 Å². The van der Waals surface area contributed by atoms with Crippen LogP contribution < -0.4 is 5.32 Å². The zero-order valence-electron chi connectivity index (χ0n) is 19.7. The van der Waals surface area contributed by atoms with Crippen molar-refractivity contribution in [2.45, 2.75) is 57.5 Å². The Morgan fingerprint density at radius 1 is 1.06 bits per heavy atom. The summed E-state index contributed by atoms with van der Waals surface area (Å²) in [4.78, 5) is 38.6. The third-order valence-corrected chi connectivity index (χ3v) is 7.00. The highest BCUT2D eigenvalue weighted by atomic mass is 16.5. The fraction of sp³-hybridized carbons (Fsp3) is 0.444. The molecule has 0 saturated carbocycles. The van der Waals surface area contributed by atoms with Crippen LogP contribution in [-0.2, 0) is 14.3 Å². The van der Waals surface area contributed by atoms with Gasteiger partial charge in [0, 0.05) is 24.9 Å². The van der Waals surface area contributed by atoms with Gasteiger partial charge in [-0.25, -0.2) is 9.59 Å². The number of nitrogens with zero attached hydrogens (tertiary/aromatic N) is 1. The Balaban J connectivity index is 1.36. The Morgan fingerprint density at radius 2 is 1.68 bits per heavy atom. The van der Waals surface area contributed by atoms with Gasteiger partial charge in [0.05, 0.1) is 0 Å². The van der Waals surface area contributed by atoms with Crippen LogP contribution >= 0.6 is 0 Å². The molecule has 3 unspecified atom stereocenters. The van der Waals surface area contributed by atoms with Gasteiger partial charge >= 0.3 is 12.1 Å². The van der Waals surface area contributed by atoms with Crippen molar-refractivity contribution in [3.8, 4) is 11.1 Å². The number of aliphatic carboxylic acids is 1. The molecule has 7 heteroatoms. The molecular weight excluding hydrogens is 432 g/mol. The van der Waals surface area contributed by atoms with Crippen LogP contribution in [0, 0.1) is 5.92 Å². The first-order valence-corrected chi connectivity index (χ1v) is 12.0. The summed E-state index contributed by atoms with van der Waals surface area (Å²) in [5.74, 6) is -0.997. The van der Waals surface area contributed by atoms with Crippen LogP contribution in [0.3, 0.4) is 0 Å². The first-order valence-electron chi connectivity index (χ1n) is 12.0. The standard InChI is InChI=1S/C27H32N2O5/c1-3-18(14-25(30)29-15-17(2)12-13-24(29)26(31)32)28-27(33)34-16-23-21-10-6-4-8-19(21)20-9-5-7-11-22(20)23/h4-11,17-18,23-24H,3,12-16H2,1-2H3,(H,28,33)(H,31,32). The van der Waals surface area contributed by atoms with Crippen molar-refractivity contribution in [3.05, 3.63) is 59.7 Å². The molecule has 0 aromatic heterocycles. The second-order valence-electron chi connectivity index (χ2n) is 9.36. The van der Waals surface area contributed by atoms with E-state index < -0.39 is 24.1 Å². The Hall–Kier alpha value is -3.35. The van der Waals surface area contributed by atoms with Crippen LogP contribution in [0.15, 0.2) is 48.5 Å². The van der Waals surface area contributed by atoms with Gasteiger partial charge in [-0.05, 0) is 47.4 Å². The van der Waals surface area contributed by atoms with Crippen LogP contribution in [0.5, 0.6) is 0 Å². The van der Waals surface area contributed by atoms with Crippen molar-refractivity contribution in [3.63, 3.8) is 0 Å². The number of hydrogen-bond donors (Lipinski definition) is 2. The van der Waals surface area contributed by atoms with E-state index in [0.29, 0.717) is 19.4 Å². The molecule has 2 aromatic carbocycles. The number of carbonyl (C=O) groups is 3. The second-order valence-corrected chi connectivity index (χ2v) is 9.36. The van der Waals surface area contributed by atoms with Crippen molar-refractivity contribution in [2.75, 3.05) is 13.2 Å². The molecule has 7 nitrogen and oxygen atoms in total. The number of ether oxygens (including phenoxy) is 1. The highest BCUT2D eigenvalue weighted by Gasteiger charge is 2.35. The topological polar surface area (TPSA) is 95.9 Å². The van der Waals surface area contributed by atoms with E-state index in [-0.39, 0.29) is 30.8 Å². The number of carboxylic acids is 1. The first kappa shape index (κ1) is 23.8. The van der Waals surface area contributed by atoms with Gasteiger partial charge in [-0.15, -0.1) is 0 Å². The molecule has 2 amide bonds. The van der Waals surface area contributed by atoms with Crippen LogP contribution in [0.25, 0.3) is 11.1 Å². The Morgan fingerprint density at radius 3 is 2.26 bits per heavy atom. The van der Waals surface area contributed by atoms with E-state index in [1.807, 2.05) is 38.1 Å². The summed E-state index contributed by atoms with van der Waals surface area (Å²) >= 11 is 0. The molecule has 1 fully saturated rings. The summed E-state index contributed by atoms with van der Waals surface area (Å²) in [6.45, 7) is 4.53. The molecule has 1 saturated heterocycles. The molecule has 2 N–H and O–H groups in total. The maximum Gasteiger partial charge on any atom is 0.407 e. The van der Waals surface area contributed by atoms with E-state index in [1.54, 1.807) is 0 Å². The maximum atomic E-state index is 12.9. The summed E-state index contributed by atoms with van der Waals surface area (Å²) in [6.07, 6.45) is 1.27. The molecule has 0 bridgehead atoms. The van der Waals surface area contributed by atoms with Crippen LogP contribution in [0.1, 0.15) is 56.6 Å². The van der Waals surface area contributed by atoms with E-state index in [0.717, 1.165) is 28.7 Å². The van der Waals surface area contributed by atoms with Gasteiger partial charge in [0.1, 0.15) is 12.6 Å². The number of alkyl carbamates (subject to hydrolysis) is 1. The number of fused-ring (bicyclic) bond motifs is 3. The fourth-order valence-corrected chi connectivity index (χ4v) is 5.12. The molecule has 0 spiro atoms. The highest BCUT2D eigenvalue weighted by molar-refractivity contribution is 5.84. The molecular formula is C27H32N2O5. The number of carbonyl (C=O) groups excluding carboxylic acids is 2. The van der Waals surface area contributed by atoms with E-state index in [1.165, 1.54) is 4.90 Å². The summed E-state index contributed by atoms with van der Waals surface area (Å²) in [5, 5.41) is 12.3. The number of piperidine rings is 1. The number of hydrogen-bond acceptors (Lipinski definition) is 4. The predicted molar refractivity (Wildman–Crippen MR) is 128 cm³/mol. The lowest BCUT2D eigenvalue weighted by Crippen LogP contribution is -2.51. The van der Waals surface area contributed by atoms with Gasteiger partial charge in [-0.2, -0.15) is 0 Å². The summed E-state index contributed by atoms with van der Waals surface area (Å²) in [5.41, 5.74) is 4.59. The Bertz CT molecular complexity index is 1020. The first-order chi connectivity index (χ1) is 16.4. The SMILES string of the molecule is CCC(CC(=O)N1CC(C)CCC1C(=O)O)NC(=O)OCC1c2ccccc2-c2ccccc21. The van der Waals surface area contributed by atoms with Crippen LogP contribution in [0.2, 0.25) is 0 Å².